The first-order valence-electron chi connectivity index (χ1n) is 6.75. The summed E-state index contributed by atoms with van der Waals surface area (Å²) in [6.45, 7) is 4.38. The molecule has 0 saturated carbocycles. The van der Waals surface area contributed by atoms with Gasteiger partial charge >= 0.3 is 5.97 Å². The van der Waals surface area contributed by atoms with Gasteiger partial charge in [0.05, 0.1) is 12.1 Å². The number of carbonyl (C=O) groups excluding carboxylic acids is 1. The number of para-hydroxylation sites is 1. The highest BCUT2D eigenvalue weighted by molar-refractivity contribution is 6.14. The van der Waals surface area contributed by atoms with Crippen LogP contribution in [0, 0.1) is 6.92 Å². The van der Waals surface area contributed by atoms with Gasteiger partial charge in [0.15, 0.2) is 5.69 Å². The molecule has 0 amide bonds. The summed E-state index contributed by atoms with van der Waals surface area (Å²) in [4.78, 5) is 19.6. The van der Waals surface area contributed by atoms with Gasteiger partial charge in [-0.25, -0.2) is 9.78 Å². The number of hydrogen-bond acceptors (Lipinski definition) is 3. The molecule has 0 radical (unpaired) electrons. The van der Waals surface area contributed by atoms with E-state index in [1.165, 1.54) is 0 Å². The SMILES string of the molecule is CCCOC(=O)c1ncc(C)c2c1[nH]c1ccccc12. The standard InChI is InChI=1S/C16H16N2O2/c1-3-8-20-16(19)15-14-13(10(2)9-17-15)11-6-4-5-7-12(11)18-14/h4-7,9,18H,3,8H2,1-2H3. The second-order valence-electron chi connectivity index (χ2n) is 4.85. The molecule has 0 fully saturated rings. The number of rotatable bonds is 3. The molecule has 0 spiro atoms. The van der Waals surface area contributed by atoms with Crippen molar-refractivity contribution in [2.24, 2.45) is 0 Å². The number of hydrogen-bond donors (Lipinski definition) is 1. The van der Waals surface area contributed by atoms with Gasteiger partial charge in [-0.1, -0.05) is 25.1 Å². The lowest BCUT2D eigenvalue weighted by molar-refractivity contribution is 0.0500. The van der Waals surface area contributed by atoms with E-state index in [2.05, 4.69) is 9.97 Å². The van der Waals surface area contributed by atoms with Crippen LogP contribution >= 0.6 is 0 Å². The molecule has 0 aliphatic carbocycles. The van der Waals surface area contributed by atoms with Crippen molar-refractivity contribution in [3.05, 3.63) is 41.7 Å². The zero-order valence-corrected chi connectivity index (χ0v) is 11.6. The third kappa shape index (κ3) is 1.93. The zero-order chi connectivity index (χ0) is 14.1. The van der Waals surface area contributed by atoms with Crippen LogP contribution in [0.3, 0.4) is 0 Å². The Labute approximate surface area is 116 Å². The number of nitrogens with zero attached hydrogens (tertiary/aromatic N) is 1. The molecule has 1 aromatic carbocycles. The third-order valence-electron chi connectivity index (χ3n) is 3.36. The van der Waals surface area contributed by atoms with Crippen LogP contribution in [0.4, 0.5) is 0 Å². The molecule has 0 bridgehead atoms. The second kappa shape index (κ2) is 4.96. The summed E-state index contributed by atoms with van der Waals surface area (Å²) in [5, 5.41) is 2.14. The molecule has 0 atom stereocenters. The van der Waals surface area contributed by atoms with E-state index >= 15 is 0 Å². The van der Waals surface area contributed by atoms with E-state index < -0.39 is 0 Å². The van der Waals surface area contributed by atoms with Crippen molar-refractivity contribution in [1.82, 2.24) is 9.97 Å². The molecule has 102 valence electrons. The fraction of sp³-hybridized carbons (Fsp3) is 0.250. The Morgan fingerprint density at radius 1 is 1.35 bits per heavy atom. The number of nitrogens with one attached hydrogen (secondary N) is 1. The number of fused-ring (bicyclic) bond motifs is 3. The lowest BCUT2D eigenvalue weighted by Crippen LogP contribution is -2.09. The predicted molar refractivity (Wildman–Crippen MR) is 78.9 cm³/mol. The van der Waals surface area contributed by atoms with E-state index in [9.17, 15) is 4.79 Å². The molecule has 3 aromatic rings. The molecule has 0 unspecified atom stereocenters. The molecule has 4 nitrogen and oxygen atoms in total. The van der Waals surface area contributed by atoms with Gasteiger partial charge < -0.3 is 9.72 Å². The van der Waals surface area contributed by atoms with Crippen LogP contribution in [0.15, 0.2) is 30.5 Å². The van der Waals surface area contributed by atoms with E-state index in [-0.39, 0.29) is 5.97 Å². The van der Waals surface area contributed by atoms with E-state index in [4.69, 9.17) is 4.74 Å². The van der Waals surface area contributed by atoms with Crippen LogP contribution in [0.2, 0.25) is 0 Å². The van der Waals surface area contributed by atoms with Crippen LogP contribution < -0.4 is 0 Å². The number of pyridine rings is 1. The molecule has 1 N–H and O–H groups in total. The molecule has 0 aliphatic heterocycles. The maximum atomic E-state index is 12.1. The number of aromatic amines is 1. The minimum atomic E-state index is -0.372. The number of H-pyrrole nitrogens is 1. The van der Waals surface area contributed by atoms with E-state index in [0.29, 0.717) is 12.3 Å². The van der Waals surface area contributed by atoms with E-state index in [1.807, 2.05) is 38.1 Å². The molecule has 2 aromatic heterocycles. The Balaban J connectivity index is 2.24. The van der Waals surface area contributed by atoms with Crippen LogP contribution in [0.5, 0.6) is 0 Å². The van der Waals surface area contributed by atoms with Crippen LogP contribution in [0.25, 0.3) is 21.8 Å². The lowest BCUT2D eigenvalue weighted by atomic mass is 10.1. The summed E-state index contributed by atoms with van der Waals surface area (Å²) in [6.07, 6.45) is 2.53. The van der Waals surface area contributed by atoms with E-state index in [0.717, 1.165) is 33.8 Å². The summed E-state index contributed by atoms with van der Waals surface area (Å²) in [6, 6.07) is 8.00. The Hall–Kier alpha value is -2.36. The predicted octanol–water partition coefficient (Wildman–Crippen LogP) is 3.59. The number of esters is 1. The van der Waals surface area contributed by atoms with Crippen molar-refractivity contribution < 1.29 is 9.53 Å². The van der Waals surface area contributed by atoms with Crippen molar-refractivity contribution in [2.45, 2.75) is 20.3 Å². The zero-order valence-electron chi connectivity index (χ0n) is 11.6. The van der Waals surface area contributed by atoms with E-state index in [1.54, 1.807) is 6.20 Å². The van der Waals surface area contributed by atoms with Crippen molar-refractivity contribution >= 4 is 27.8 Å². The van der Waals surface area contributed by atoms with Gasteiger partial charge in [0.2, 0.25) is 0 Å². The van der Waals surface area contributed by atoms with Crippen LogP contribution in [-0.2, 0) is 4.74 Å². The Bertz CT molecular complexity index is 790. The summed E-state index contributed by atoms with van der Waals surface area (Å²) in [7, 11) is 0. The average Bonchev–Trinajstić information content (AvgIpc) is 2.85. The maximum Gasteiger partial charge on any atom is 0.359 e. The minimum absolute atomic E-state index is 0.357. The normalized spacial score (nSPS) is 11.1. The molecular formula is C16H16N2O2. The fourth-order valence-corrected chi connectivity index (χ4v) is 2.44. The molecule has 2 heterocycles. The number of carbonyl (C=O) groups is 1. The Morgan fingerprint density at radius 3 is 2.95 bits per heavy atom. The number of benzene rings is 1. The molecule has 20 heavy (non-hydrogen) atoms. The summed E-state index contributed by atoms with van der Waals surface area (Å²) < 4.78 is 5.20. The quantitative estimate of drug-likeness (QED) is 0.738. The molecule has 4 heteroatoms. The van der Waals surface area contributed by atoms with Crippen molar-refractivity contribution in [3.8, 4) is 0 Å². The first kappa shape index (κ1) is 12.7. The van der Waals surface area contributed by atoms with Gasteiger partial charge in [0.25, 0.3) is 0 Å². The smallest absolute Gasteiger partial charge is 0.359 e. The van der Waals surface area contributed by atoms with Gasteiger partial charge in [0.1, 0.15) is 0 Å². The molecule has 3 rings (SSSR count). The highest BCUT2D eigenvalue weighted by atomic mass is 16.5. The van der Waals surface area contributed by atoms with Crippen LogP contribution in [0.1, 0.15) is 29.4 Å². The Morgan fingerprint density at radius 2 is 2.15 bits per heavy atom. The average molecular weight is 268 g/mol. The summed E-state index contributed by atoms with van der Waals surface area (Å²) in [5.74, 6) is -0.372. The molecule has 0 aliphatic rings. The molecule has 0 saturated heterocycles. The second-order valence-corrected chi connectivity index (χ2v) is 4.85. The maximum absolute atomic E-state index is 12.1. The number of ether oxygens (including phenoxy) is 1. The van der Waals surface area contributed by atoms with Gasteiger partial charge in [-0.2, -0.15) is 0 Å². The minimum Gasteiger partial charge on any atom is -0.461 e. The highest BCUT2D eigenvalue weighted by Crippen LogP contribution is 2.29. The van der Waals surface area contributed by atoms with Gasteiger partial charge in [-0.05, 0) is 25.0 Å². The largest absolute Gasteiger partial charge is 0.461 e. The van der Waals surface area contributed by atoms with Gasteiger partial charge in [-0.15, -0.1) is 0 Å². The number of aromatic nitrogens is 2. The van der Waals surface area contributed by atoms with Gasteiger partial charge in [0, 0.05) is 22.5 Å². The number of aryl methyl sites for hydroxylation is 1. The first-order chi connectivity index (χ1) is 9.72. The summed E-state index contributed by atoms with van der Waals surface area (Å²) in [5.41, 5.74) is 3.16. The van der Waals surface area contributed by atoms with Gasteiger partial charge in [-0.3, -0.25) is 0 Å². The van der Waals surface area contributed by atoms with Crippen molar-refractivity contribution in [3.63, 3.8) is 0 Å². The topological polar surface area (TPSA) is 55.0 Å². The van der Waals surface area contributed by atoms with Crippen molar-refractivity contribution in [2.75, 3.05) is 6.61 Å². The third-order valence-corrected chi connectivity index (χ3v) is 3.36. The molecular weight excluding hydrogens is 252 g/mol. The lowest BCUT2D eigenvalue weighted by Gasteiger charge is -2.05. The van der Waals surface area contributed by atoms with Crippen molar-refractivity contribution in [1.29, 1.82) is 0 Å². The fourth-order valence-electron chi connectivity index (χ4n) is 2.44. The monoisotopic (exact) mass is 268 g/mol. The highest BCUT2D eigenvalue weighted by Gasteiger charge is 2.17. The summed E-state index contributed by atoms with van der Waals surface area (Å²) >= 11 is 0. The first-order valence-corrected chi connectivity index (χ1v) is 6.75. The van der Waals surface area contributed by atoms with Crippen LogP contribution in [-0.4, -0.2) is 22.5 Å². The Kier molecular flexibility index (Phi) is 3.14.